The van der Waals surface area contributed by atoms with Crippen molar-refractivity contribution in [1.29, 1.82) is 0 Å². The van der Waals surface area contributed by atoms with Gasteiger partial charge in [0.2, 0.25) is 5.65 Å². The summed E-state index contributed by atoms with van der Waals surface area (Å²) in [6, 6.07) is 0. The Labute approximate surface area is 76.0 Å². The molecule has 4 nitrogen and oxygen atoms in total. The fraction of sp³-hybridized carbons (Fsp3) is 0.444. The Morgan fingerprint density at radius 2 is 1.92 bits per heavy atom. The summed E-state index contributed by atoms with van der Waals surface area (Å²) < 4.78 is 5.24. The summed E-state index contributed by atoms with van der Waals surface area (Å²) in [7, 11) is 0. The van der Waals surface area contributed by atoms with Crippen LogP contribution >= 0.6 is 0 Å². The molecule has 0 amide bonds. The van der Waals surface area contributed by atoms with Crippen molar-refractivity contribution in [3.8, 4) is 0 Å². The Bertz CT molecular complexity index is 428. The van der Waals surface area contributed by atoms with E-state index in [1.54, 1.807) is 0 Å². The van der Waals surface area contributed by atoms with Crippen molar-refractivity contribution in [2.75, 3.05) is 0 Å². The molecule has 4 heteroatoms. The van der Waals surface area contributed by atoms with Gasteiger partial charge in [-0.05, 0) is 0 Å². The number of fused-ring (bicyclic) bond motifs is 1. The lowest BCUT2D eigenvalue weighted by molar-refractivity contribution is 0.538. The zero-order valence-corrected chi connectivity index (χ0v) is 7.90. The lowest BCUT2D eigenvalue weighted by Gasteiger charge is -2.16. The number of aromatic nitrogens is 3. The van der Waals surface area contributed by atoms with Gasteiger partial charge in [-0.2, -0.15) is 4.98 Å². The maximum atomic E-state index is 5.24. The molecular weight excluding hydrogens is 166 g/mol. The van der Waals surface area contributed by atoms with Crippen LogP contribution in [0.1, 0.15) is 26.5 Å². The van der Waals surface area contributed by atoms with Crippen LogP contribution in [-0.2, 0) is 5.41 Å². The number of nitrogens with zero attached hydrogens (tertiary/aromatic N) is 3. The first-order valence-corrected chi connectivity index (χ1v) is 4.14. The Morgan fingerprint density at radius 1 is 1.15 bits per heavy atom. The highest BCUT2D eigenvalue weighted by molar-refractivity contribution is 5.70. The predicted molar refractivity (Wildman–Crippen MR) is 48.3 cm³/mol. The third-order valence-corrected chi connectivity index (χ3v) is 1.84. The van der Waals surface area contributed by atoms with Gasteiger partial charge in [-0.1, -0.05) is 20.8 Å². The van der Waals surface area contributed by atoms with Crippen LogP contribution in [0.25, 0.3) is 11.2 Å². The topological polar surface area (TPSA) is 51.8 Å². The van der Waals surface area contributed by atoms with E-state index in [2.05, 4.69) is 35.7 Å². The molecule has 0 spiro atoms. The molecule has 0 saturated heterocycles. The van der Waals surface area contributed by atoms with E-state index in [0.717, 1.165) is 5.69 Å². The predicted octanol–water partition coefficient (Wildman–Crippen LogP) is 1.92. The number of oxazole rings is 1. The highest BCUT2D eigenvalue weighted by atomic mass is 16.3. The van der Waals surface area contributed by atoms with Gasteiger partial charge >= 0.3 is 0 Å². The Morgan fingerprint density at radius 3 is 2.62 bits per heavy atom. The number of hydrogen-bond donors (Lipinski definition) is 0. The van der Waals surface area contributed by atoms with Crippen LogP contribution in [0.4, 0.5) is 0 Å². The third kappa shape index (κ3) is 1.28. The van der Waals surface area contributed by atoms with Crippen molar-refractivity contribution in [3.05, 3.63) is 18.4 Å². The third-order valence-electron chi connectivity index (χ3n) is 1.84. The van der Waals surface area contributed by atoms with Gasteiger partial charge in [0.15, 0.2) is 12.0 Å². The second-order valence-corrected chi connectivity index (χ2v) is 3.98. The van der Waals surface area contributed by atoms with Crippen molar-refractivity contribution in [1.82, 2.24) is 15.0 Å². The van der Waals surface area contributed by atoms with Crippen molar-refractivity contribution in [2.45, 2.75) is 26.2 Å². The van der Waals surface area contributed by atoms with Crippen molar-refractivity contribution >= 4 is 11.2 Å². The summed E-state index contributed by atoms with van der Waals surface area (Å²) in [4.78, 5) is 12.2. The molecule has 0 aliphatic rings. The van der Waals surface area contributed by atoms with Crippen LogP contribution in [-0.4, -0.2) is 15.0 Å². The number of hydrogen-bond acceptors (Lipinski definition) is 4. The van der Waals surface area contributed by atoms with Crippen LogP contribution < -0.4 is 0 Å². The molecule has 0 fully saturated rings. The normalized spacial score (nSPS) is 12.2. The average molecular weight is 177 g/mol. The zero-order valence-electron chi connectivity index (χ0n) is 7.90. The minimum Gasteiger partial charge on any atom is -0.440 e. The van der Waals surface area contributed by atoms with Crippen molar-refractivity contribution in [2.24, 2.45) is 0 Å². The standard InChI is InChI=1S/C9H11N3O/c1-9(2,3)7-6-8(11-4-10-7)12-5-13-6/h4-5H,1-3H3. The molecule has 0 aliphatic heterocycles. The highest BCUT2D eigenvalue weighted by Crippen LogP contribution is 2.25. The quantitative estimate of drug-likeness (QED) is 0.616. The maximum absolute atomic E-state index is 5.24. The van der Waals surface area contributed by atoms with E-state index >= 15 is 0 Å². The first kappa shape index (κ1) is 8.16. The van der Waals surface area contributed by atoms with Gasteiger partial charge in [0.1, 0.15) is 6.33 Å². The molecule has 68 valence electrons. The second kappa shape index (κ2) is 2.52. The summed E-state index contributed by atoms with van der Waals surface area (Å²) in [6.45, 7) is 6.24. The van der Waals surface area contributed by atoms with E-state index in [4.69, 9.17) is 4.42 Å². The van der Waals surface area contributed by atoms with E-state index in [1.165, 1.54) is 12.7 Å². The fourth-order valence-corrected chi connectivity index (χ4v) is 1.23. The van der Waals surface area contributed by atoms with Crippen LogP contribution in [0.15, 0.2) is 17.1 Å². The van der Waals surface area contributed by atoms with Crippen LogP contribution in [0.3, 0.4) is 0 Å². The average Bonchev–Trinajstić information content (AvgIpc) is 2.48. The molecule has 0 N–H and O–H groups in total. The molecule has 0 aromatic carbocycles. The maximum Gasteiger partial charge on any atom is 0.201 e. The summed E-state index contributed by atoms with van der Waals surface area (Å²) in [6.07, 6.45) is 2.92. The monoisotopic (exact) mass is 177 g/mol. The largest absolute Gasteiger partial charge is 0.440 e. The van der Waals surface area contributed by atoms with Crippen LogP contribution in [0.5, 0.6) is 0 Å². The fourth-order valence-electron chi connectivity index (χ4n) is 1.23. The summed E-state index contributed by atoms with van der Waals surface area (Å²) in [5.74, 6) is 0. The Kier molecular flexibility index (Phi) is 1.58. The lowest BCUT2D eigenvalue weighted by Crippen LogP contribution is -2.13. The summed E-state index contributed by atoms with van der Waals surface area (Å²) in [5, 5.41) is 0. The summed E-state index contributed by atoms with van der Waals surface area (Å²) in [5.41, 5.74) is 2.17. The molecule has 0 saturated carbocycles. The summed E-state index contributed by atoms with van der Waals surface area (Å²) >= 11 is 0. The molecule has 0 unspecified atom stereocenters. The van der Waals surface area contributed by atoms with Gasteiger partial charge in [0.25, 0.3) is 0 Å². The molecule has 0 radical (unpaired) electrons. The Hall–Kier alpha value is -1.45. The molecule has 0 atom stereocenters. The SMILES string of the molecule is CC(C)(C)c1ncnc2ncoc12. The smallest absolute Gasteiger partial charge is 0.201 e. The molecule has 2 aromatic rings. The van der Waals surface area contributed by atoms with Gasteiger partial charge in [0, 0.05) is 5.41 Å². The van der Waals surface area contributed by atoms with Crippen molar-refractivity contribution < 1.29 is 4.42 Å². The van der Waals surface area contributed by atoms with E-state index in [9.17, 15) is 0 Å². The van der Waals surface area contributed by atoms with E-state index < -0.39 is 0 Å². The zero-order chi connectivity index (χ0) is 9.47. The lowest BCUT2D eigenvalue weighted by atomic mass is 9.91. The van der Waals surface area contributed by atoms with Gasteiger partial charge in [-0.15, -0.1) is 0 Å². The van der Waals surface area contributed by atoms with Gasteiger partial charge < -0.3 is 4.42 Å². The van der Waals surface area contributed by atoms with Gasteiger partial charge in [-0.3, -0.25) is 0 Å². The molecule has 2 aromatic heterocycles. The first-order chi connectivity index (χ1) is 6.09. The van der Waals surface area contributed by atoms with E-state index in [1.807, 2.05) is 0 Å². The molecule has 0 aliphatic carbocycles. The van der Waals surface area contributed by atoms with Crippen LogP contribution in [0, 0.1) is 0 Å². The van der Waals surface area contributed by atoms with E-state index in [0.29, 0.717) is 11.2 Å². The minimum absolute atomic E-state index is 0.0409. The van der Waals surface area contributed by atoms with Gasteiger partial charge in [-0.25, -0.2) is 9.97 Å². The molecule has 13 heavy (non-hydrogen) atoms. The molecule has 2 rings (SSSR count). The Balaban J connectivity index is 2.75. The molecular formula is C9H11N3O. The molecule has 2 heterocycles. The first-order valence-electron chi connectivity index (χ1n) is 4.14. The van der Waals surface area contributed by atoms with E-state index in [-0.39, 0.29) is 5.41 Å². The second-order valence-electron chi connectivity index (χ2n) is 3.98. The number of rotatable bonds is 0. The minimum atomic E-state index is -0.0409. The van der Waals surface area contributed by atoms with Crippen molar-refractivity contribution in [3.63, 3.8) is 0 Å². The molecule has 0 bridgehead atoms. The highest BCUT2D eigenvalue weighted by Gasteiger charge is 2.21. The van der Waals surface area contributed by atoms with Gasteiger partial charge in [0.05, 0.1) is 5.69 Å². The van der Waals surface area contributed by atoms with Crippen LogP contribution in [0.2, 0.25) is 0 Å².